The highest BCUT2D eigenvalue weighted by atomic mass is 79.9. The fourth-order valence-corrected chi connectivity index (χ4v) is 3.55. The topological polar surface area (TPSA) is 23.6 Å². The van der Waals surface area contributed by atoms with Crippen LogP contribution in [0, 0.1) is 5.82 Å². The SMILES string of the molecule is O=C(c1c(F)cccc1Cl)N1CCN(Cc2cccc(Br)c2)CC1. The van der Waals surface area contributed by atoms with Crippen LogP contribution in [-0.4, -0.2) is 41.9 Å². The molecule has 0 unspecified atom stereocenters. The molecule has 1 aliphatic heterocycles. The molecule has 126 valence electrons. The summed E-state index contributed by atoms with van der Waals surface area (Å²) < 4.78 is 15.0. The molecule has 1 saturated heterocycles. The van der Waals surface area contributed by atoms with Crippen LogP contribution < -0.4 is 0 Å². The van der Waals surface area contributed by atoms with Crippen LogP contribution in [0.15, 0.2) is 46.9 Å². The highest BCUT2D eigenvalue weighted by Crippen LogP contribution is 2.22. The number of amides is 1. The van der Waals surface area contributed by atoms with Crippen molar-refractivity contribution in [1.82, 2.24) is 9.80 Å². The molecular weight excluding hydrogens is 395 g/mol. The predicted octanol–water partition coefficient (Wildman–Crippen LogP) is 4.20. The molecule has 0 saturated carbocycles. The minimum atomic E-state index is -0.566. The third-order valence-corrected chi connectivity index (χ3v) is 4.94. The van der Waals surface area contributed by atoms with E-state index in [9.17, 15) is 9.18 Å². The lowest BCUT2D eigenvalue weighted by molar-refractivity contribution is 0.0624. The van der Waals surface area contributed by atoms with Crippen LogP contribution in [-0.2, 0) is 6.54 Å². The lowest BCUT2D eigenvalue weighted by Crippen LogP contribution is -2.48. The van der Waals surface area contributed by atoms with Crippen LogP contribution in [0.3, 0.4) is 0 Å². The molecule has 24 heavy (non-hydrogen) atoms. The van der Waals surface area contributed by atoms with E-state index in [4.69, 9.17) is 11.6 Å². The Balaban J connectivity index is 1.62. The first-order chi connectivity index (χ1) is 11.5. The van der Waals surface area contributed by atoms with Crippen LogP contribution in [0.4, 0.5) is 4.39 Å². The van der Waals surface area contributed by atoms with Crippen molar-refractivity contribution < 1.29 is 9.18 Å². The molecule has 0 aliphatic carbocycles. The van der Waals surface area contributed by atoms with Crippen molar-refractivity contribution >= 4 is 33.4 Å². The van der Waals surface area contributed by atoms with Crippen molar-refractivity contribution in [3.05, 3.63) is 68.9 Å². The molecular formula is C18H17BrClFN2O. The Bertz CT molecular complexity index is 727. The van der Waals surface area contributed by atoms with E-state index >= 15 is 0 Å². The molecule has 0 radical (unpaired) electrons. The Morgan fingerprint density at radius 3 is 2.50 bits per heavy atom. The summed E-state index contributed by atoms with van der Waals surface area (Å²) in [4.78, 5) is 16.5. The maximum atomic E-state index is 13.9. The van der Waals surface area contributed by atoms with Crippen molar-refractivity contribution in [3.63, 3.8) is 0 Å². The first-order valence-electron chi connectivity index (χ1n) is 7.74. The normalized spacial score (nSPS) is 15.5. The zero-order valence-corrected chi connectivity index (χ0v) is 15.4. The molecule has 2 aromatic carbocycles. The molecule has 0 spiro atoms. The van der Waals surface area contributed by atoms with Crippen LogP contribution in [0.2, 0.25) is 5.02 Å². The minimum absolute atomic E-state index is 0.0281. The standard InChI is InChI=1S/C18H17BrClFN2O/c19-14-4-1-3-13(11-14)12-22-7-9-23(10-8-22)18(24)17-15(20)5-2-6-16(17)21/h1-6,11H,7-10,12H2. The maximum Gasteiger partial charge on any atom is 0.258 e. The molecule has 6 heteroatoms. The number of carbonyl (C=O) groups excluding carboxylic acids is 1. The Morgan fingerprint density at radius 1 is 1.12 bits per heavy atom. The number of nitrogens with zero attached hydrogens (tertiary/aromatic N) is 2. The second-order valence-electron chi connectivity index (χ2n) is 5.79. The molecule has 0 aromatic heterocycles. The second kappa shape index (κ2) is 7.64. The van der Waals surface area contributed by atoms with Gasteiger partial charge in [-0.15, -0.1) is 0 Å². The molecule has 3 rings (SSSR count). The average molecular weight is 412 g/mol. The third kappa shape index (κ3) is 3.97. The van der Waals surface area contributed by atoms with Crippen molar-refractivity contribution in [2.75, 3.05) is 26.2 Å². The zero-order valence-electron chi connectivity index (χ0n) is 13.0. The Labute approximate surface area is 154 Å². The van der Waals surface area contributed by atoms with Crippen LogP contribution in [0.5, 0.6) is 0 Å². The monoisotopic (exact) mass is 410 g/mol. The van der Waals surface area contributed by atoms with Gasteiger partial charge in [-0.25, -0.2) is 4.39 Å². The first kappa shape index (κ1) is 17.4. The summed E-state index contributed by atoms with van der Waals surface area (Å²) in [6, 6.07) is 12.5. The van der Waals surface area contributed by atoms with E-state index in [0.717, 1.165) is 24.1 Å². The fraction of sp³-hybridized carbons (Fsp3) is 0.278. The maximum absolute atomic E-state index is 13.9. The molecule has 1 heterocycles. The summed E-state index contributed by atoms with van der Waals surface area (Å²) in [6.07, 6.45) is 0. The summed E-state index contributed by atoms with van der Waals surface area (Å²) in [5, 5.41) is 0.163. The van der Waals surface area contributed by atoms with Crippen molar-refractivity contribution in [2.24, 2.45) is 0 Å². The number of hydrogen-bond donors (Lipinski definition) is 0. The predicted molar refractivity (Wildman–Crippen MR) is 96.7 cm³/mol. The summed E-state index contributed by atoms with van der Waals surface area (Å²) in [6.45, 7) is 3.48. The van der Waals surface area contributed by atoms with Crippen LogP contribution >= 0.6 is 27.5 Å². The Kier molecular flexibility index (Phi) is 5.54. The van der Waals surface area contributed by atoms with Gasteiger partial charge in [0.25, 0.3) is 5.91 Å². The molecule has 3 nitrogen and oxygen atoms in total. The molecule has 1 fully saturated rings. The fourth-order valence-electron chi connectivity index (χ4n) is 2.86. The number of piperazine rings is 1. The quantitative estimate of drug-likeness (QED) is 0.756. The summed E-state index contributed by atoms with van der Waals surface area (Å²) in [5.41, 5.74) is 1.20. The number of halogens is 3. The van der Waals surface area contributed by atoms with Gasteiger partial charge in [-0.2, -0.15) is 0 Å². The van der Waals surface area contributed by atoms with E-state index in [2.05, 4.69) is 33.0 Å². The molecule has 2 aromatic rings. The number of rotatable bonds is 3. The van der Waals surface area contributed by atoms with Gasteiger partial charge in [0.15, 0.2) is 0 Å². The summed E-state index contributed by atoms with van der Waals surface area (Å²) >= 11 is 9.47. The highest BCUT2D eigenvalue weighted by Gasteiger charge is 2.25. The van der Waals surface area contributed by atoms with Gasteiger partial charge in [-0.1, -0.05) is 45.7 Å². The van der Waals surface area contributed by atoms with Crippen molar-refractivity contribution in [3.8, 4) is 0 Å². The van der Waals surface area contributed by atoms with E-state index in [1.54, 1.807) is 11.0 Å². The molecule has 1 aliphatic rings. The second-order valence-corrected chi connectivity index (χ2v) is 7.12. The van der Waals surface area contributed by atoms with E-state index in [-0.39, 0.29) is 16.5 Å². The third-order valence-electron chi connectivity index (χ3n) is 4.13. The van der Waals surface area contributed by atoms with Gasteiger partial charge in [-0.3, -0.25) is 9.69 Å². The number of benzene rings is 2. The number of hydrogen-bond acceptors (Lipinski definition) is 2. The van der Waals surface area contributed by atoms with Gasteiger partial charge >= 0.3 is 0 Å². The van der Waals surface area contributed by atoms with E-state index in [1.807, 2.05) is 12.1 Å². The van der Waals surface area contributed by atoms with Gasteiger partial charge in [-0.05, 0) is 29.8 Å². The summed E-state index contributed by atoms with van der Waals surface area (Å²) in [5.74, 6) is -0.899. The van der Waals surface area contributed by atoms with Gasteiger partial charge in [0.05, 0.1) is 10.6 Å². The average Bonchev–Trinajstić information content (AvgIpc) is 2.55. The largest absolute Gasteiger partial charge is 0.336 e. The van der Waals surface area contributed by atoms with Gasteiger partial charge in [0, 0.05) is 37.2 Å². The highest BCUT2D eigenvalue weighted by molar-refractivity contribution is 9.10. The van der Waals surface area contributed by atoms with E-state index < -0.39 is 5.82 Å². The van der Waals surface area contributed by atoms with Crippen LogP contribution in [0.25, 0.3) is 0 Å². The Hall–Kier alpha value is -1.43. The van der Waals surface area contributed by atoms with Gasteiger partial charge < -0.3 is 4.90 Å². The van der Waals surface area contributed by atoms with E-state index in [0.29, 0.717) is 13.1 Å². The molecule has 0 atom stereocenters. The molecule has 0 N–H and O–H groups in total. The lowest BCUT2D eigenvalue weighted by Gasteiger charge is -2.35. The first-order valence-corrected chi connectivity index (χ1v) is 8.92. The molecule has 0 bridgehead atoms. The smallest absolute Gasteiger partial charge is 0.258 e. The van der Waals surface area contributed by atoms with Gasteiger partial charge in [0.1, 0.15) is 5.82 Å². The van der Waals surface area contributed by atoms with Gasteiger partial charge in [0.2, 0.25) is 0 Å². The van der Waals surface area contributed by atoms with Crippen molar-refractivity contribution in [2.45, 2.75) is 6.54 Å². The lowest BCUT2D eigenvalue weighted by atomic mass is 10.1. The van der Waals surface area contributed by atoms with Crippen LogP contribution in [0.1, 0.15) is 15.9 Å². The van der Waals surface area contributed by atoms with E-state index in [1.165, 1.54) is 17.7 Å². The van der Waals surface area contributed by atoms with Crippen molar-refractivity contribution in [1.29, 1.82) is 0 Å². The summed E-state index contributed by atoms with van der Waals surface area (Å²) in [7, 11) is 0. The zero-order chi connectivity index (χ0) is 17.1. The minimum Gasteiger partial charge on any atom is -0.336 e. The molecule has 1 amide bonds. The number of carbonyl (C=O) groups is 1. The Morgan fingerprint density at radius 2 is 1.83 bits per heavy atom.